The monoisotopic (exact) mass is 254 g/mol. The highest BCUT2D eigenvalue weighted by atomic mass is 16.2. The van der Waals surface area contributed by atoms with Gasteiger partial charge >= 0.3 is 0 Å². The number of benzene rings is 2. The average Bonchev–Trinajstić information content (AvgIpc) is 2.36. The van der Waals surface area contributed by atoms with Crippen LogP contribution in [0.3, 0.4) is 0 Å². The fourth-order valence-corrected chi connectivity index (χ4v) is 2.13. The molecule has 3 heteroatoms. The van der Waals surface area contributed by atoms with E-state index in [4.69, 9.17) is 5.73 Å². The van der Waals surface area contributed by atoms with Crippen LogP contribution in [0.2, 0.25) is 0 Å². The van der Waals surface area contributed by atoms with Gasteiger partial charge in [-0.25, -0.2) is 0 Å². The van der Waals surface area contributed by atoms with Crippen LogP contribution in [0.4, 0.5) is 11.4 Å². The highest BCUT2D eigenvalue weighted by Crippen LogP contribution is 2.21. The number of aryl methyl sites for hydroxylation is 2. The van der Waals surface area contributed by atoms with Crippen LogP contribution in [-0.2, 0) is 0 Å². The number of hydrogen-bond acceptors (Lipinski definition) is 2. The van der Waals surface area contributed by atoms with Crippen LogP contribution < -0.4 is 10.6 Å². The lowest BCUT2D eigenvalue weighted by molar-refractivity contribution is 0.0994. The molecule has 19 heavy (non-hydrogen) atoms. The number of carbonyl (C=O) groups is 1. The van der Waals surface area contributed by atoms with Gasteiger partial charge in [0, 0.05) is 18.4 Å². The van der Waals surface area contributed by atoms with Crippen LogP contribution in [0.15, 0.2) is 42.5 Å². The summed E-state index contributed by atoms with van der Waals surface area (Å²) in [5.41, 5.74) is 10.0. The van der Waals surface area contributed by atoms with Gasteiger partial charge in [-0.1, -0.05) is 18.2 Å². The number of rotatable bonds is 2. The van der Waals surface area contributed by atoms with Gasteiger partial charge in [-0.05, 0) is 49.2 Å². The molecule has 98 valence electrons. The van der Waals surface area contributed by atoms with Crippen LogP contribution in [0, 0.1) is 13.8 Å². The lowest BCUT2D eigenvalue weighted by Crippen LogP contribution is -2.27. The van der Waals surface area contributed by atoms with E-state index in [1.165, 1.54) is 0 Å². The fraction of sp³-hybridized carbons (Fsp3) is 0.188. The number of anilines is 2. The lowest BCUT2D eigenvalue weighted by Gasteiger charge is -2.19. The molecule has 2 aromatic rings. The quantitative estimate of drug-likeness (QED) is 0.837. The van der Waals surface area contributed by atoms with Crippen molar-refractivity contribution in [1.29, 1.82) is 0 Å². The molecule has 0 heterocycles. The molecule has 0 fully saturated rings. The predicted octanol–water partition coefficient (Wildman–Crippen LogP) is 3.16. The molecule has 0 aliphatic heterocycles. The van der Waals surface area contributed by atoms with Gasteiger partial charge in [-0.2, -0.15) is 0 Å². The third-order valence-electron chi connectivity index (χ3n) is 3.09. The summed E-state index contributed by atoms with van der Waals surface area (Å²) >= 11 is 0. The molecule has 0 saturated heterocycles. The van der Waals surface area contributed by atoms with E-state index in [1.807, 2.05) is 38.1 Å². The van der Waals surface area contributed by atoms with E-state index in [1.54, 1.807) is 24.1 Å². The third-order valence-corrected chi connectivity index (χ3v) is 3.09. The number of carbonyl (C=O) groups excluding carboxylic acids is 1. The first kappa shape index (κ1) is 13.1. The molecule has 0 aliphatic carbocycles. The standard InChI is InChI=1S/C16H18N2O/c1-11-8-12(2)10-13(9-11)18(3)16(19)14-6-4-5-7-15(14)17/h4-10H,17H2,1-3H3. The summed E-state index contributed by atoms with van der Waals surface area (Å²) in [7, 11) is 1.77. The van der Waals surface area contributed by atoms with Crippen molar-refractivity contribution in [2.75, 3.05) is 17.7 Å². The molecule has 0 saturated carbocycles. The lowest BCUT2D eigenvalue weighted by atomic mass is 10.1. The number of amides is 1. The molecule has 2 N–H and O–H groups in total. The van der Waals surface area contributed by atoms with Gasteiger partial charge in [0.1, 0.15) is 0 Å². The molecule has 0 unspecified atom stereocenters. The largest absolute Gasteiger partial charge is 0.398 e. The van der Waals surface area contributed by atoms with E-state index < -0.39 is 0 Å². The summed E-state index contributed by atoms with van der Waals surface area (Å²) < 4.78 is 0. The Labute approximate surface area is 113 Å². The van der Waals surface area contributed by atoms with Crippen molar-refractivity contribution >= 4 is 17.3 Å². The molecule has 0 atom stereocenters. The number of nitrogen functional groups attached to an aromatic ring is 1. The summed E-state index contributed by atoms with van der Waals surface area (Å²) in [5, 5.41) is 0. The minimum absolute atomic E-state index is 0.0944. The molecular formula is C16H18N2O. The van der Waals surface area contributed by atoms with E-state index in [0.29, 0.717) is 11.3 Å². The molecule has 0 bridgehead atoms. The maximum absolute atomic E-state index is 12.4. The Morgan fingerprint density at radius 3 is 2.21 bits per heavy atom. The molecule has 0 spiro atoms. The maximum atomic E-state index is 12.4. The van der Waals surface area contributed by atoms with Crippen molar-refractivity contribution in [3.05, 3.63) is 59.2 Å². The normalized spacial score (nSPS) is 10.3. The molecule has 3 nitrogen and oxygen atoms in total. The van der Waals surface area contributed by atoms with E-state index in [-0.39, 0.29) is 5.91 Å². The first-order valence-corrected chi connectivity index (χ1v) is 6.20. The number of nitrogens with two attached hydrogens (primary N) is 1. The van der Waals surface area contributed by atoms with Crippen LogP contribution in [0.5, 0.6) is 0 Å². The summed E-state index contributed by atoms with van der Waals surface area (Å²) in [4.78, 5) is 14.1. The Hall–Kier alpha value is -2.29. The van der Waals surface area contributed by atoms with Crippen molar-refractivity contribution < 1.29 is 4.79 Å². The zero-order valence-electron chi connectivity index (χ0n) is 11.5. The van der Waals surface area contributed by atoms with Crippen molar-refractivity contribution in [1.82, 2.24) is 0 Å². The molecule has 0 radical (unpaired) electrons. The van der Waals surface area contributed by atoms with Crippen molar-refractivity contribution in [3.8, 4) is 0 Å². The zero-order chi connectivity index (χ0) is 14.0. The SMILES string of the molecule is Cc1cc(C)cc(N(C)C(=O)c2ccccc2N)c1. The van der Waals surface area contributed by atoms with Gasteiger partial charge in [-0.15, -0.1) is 0 Å². The second-order valence-corrected chi connectivity index (χ2v) is 4.80. The first-order chi connectivity index (χ1) is 8.99. The second-order valence-electron chi connectivity index (χ2n) is 4.80. The predicted molar refractivity (Wildman–Crippen MR) is 79.5 cm³/mol. The van der Waals surface area contributed by atoms with Crippen LogP contribution in [0.1, 0.15) is 21.5 Å². The van der Waals surface area contributed by atoms with E-state index in [2.05, 4.69) is 6.07 Å². The Morgan fingerprint density at radius 1 is 1.05 bits per heavy atom. The van der Waals surface area contributed by atoms with Crippen molar-refractivity contribution in [3.63, 3.8) is 0 Å². The zero-order valence-corrected chi connectivity index (χ0v) is 11.5. The molecule has 1 amide bonds. The fourth-order valence-electron chi connectivity index (χ4n) is 2.13. The Kier molecular flexibility index (Phi) is 3.56. The van der Waals surface area contributed by atoms with E-state index >= 15 is 0 Å². The molecule has 0 aromatic heterocycles. The summed E-state index contributed by atoms with van der Waals surface area (Å²) in [6.45, 7) is 4.04. The minimum atomic E-state index is -0.0944. The topological polar surface area (TPSA) is 46.3 Å². The van der Waals surface area contributed by atoms with Crippen molar-refractivity contribution in [2.45, 2.75) is 13.8 Å². The van der Waals surface area contributed by atoms with Gasteiger partial charge in [0.2, 0.25) is 0 Å². The minimum Gasteiger partial charge on any atom is -0.398 e. The smallest absolute Gasteiger partial charge is 0.260 e. The van der Waals surface area contributed by atoms with Gasteiger partial charge in [0.15, 0.2) is 0 Å². The van der Waals surface area contributed by atoms with Crippen LogP contribution in [-0.4, -0.2) is 13.0 Å². The highest BCUT2D eigenvalue weighted by Gasteiger charge is 2.15. The molecule has 2 rings (SSSR count). The van der Waals surface area contributed by atoms with Gasteiger partial charge < -0.3 is 10.6 Å². The van der Waals surface area contributed by atoms with Crippen molar-refractivity contribution in [2.24, 2.45) is 0 Å². The first-order valence-electron chi connectivity index (χ1n) is 6.20. The third kappa shape index (κ3) is 2.76. The number of nitrogens with zero attached hydrogens (tertiary/aromatic N) is 1. The van der Waals surface area contributed by atoms with E-state index in [9.17, 15) is 4.79 Å². The van der Waals surface area contributed by atoms with Crippen LogP contribution in [0.25, 0.3) is 0 Å². The van der Waals surface area contributed by atoms with Gasteiger partial charge in [0.05, 0.1) is 5.56 Å². The summed E-state index contributed by atoms with van der Waals surface area (Å²) in [6, 6.07) is 13.2. The highest BCUT2D eigenvalue weighted by molar-refractivity contribution is 6.09. The molecule has 0 aliphatic rings. The number of para-hydroxylation sites is 1. The van der Waals surface area contributed by atoms with Gasteiger partial charge in [-0.3, -0.25) is 4.79 Å². The van der Waals surface area contributed by atoms with E-state index in [0.717, 1.165) is 16.8 Å². The summed E-state index contributed by atoms with van der Waals surface area (Å²) in [5.74, 6) is -0.0944. The summed E-state index contributed by atoms with van der Waals surface area (Å²) in [6.07, 6.45) is 0. The maximum Gasteiger partial charge on any atom is 0.260 e. The Morgan fingerprint density at radius 2 is 1.63 bits per heavy atom. The second kappa shape index (κ2) is 5.14. The Balaban J connectivity index is 2.36. The number of hydrogen-bond donors (Lipinski definition) is 1. The average molecular weight is 254 g/mol. The molecular weight excluding hydrogens is 236 g/mol. The Bertz CT molecular complexity index is 600. The molecule has 2 aromatic carbocycles. The van der Waals surface area contributed by atoms with Crippen LogP contribution >= 0.6 is 0 Å². The van der Waals surface area contributed by atoms with Gasteiger partial charge in [0.25, 0.3) is 5.91 Å².